The van der Waals surface area contributed by atoms with Crippen molar-refractivity contribution in [3.8, 4) is 0 Å². The maximum absolute atomic E-state index is 12.1. The Labute approximate surface area is 99.6 Å². The molecule has 1 N–H and O–H groups in total. The molecule has 1 unspecified atom stereocenters. The average Bonchev–Trinajstić information content (AvgIpc) is 2.28. The highest BCUT2D eigenvalue weighted by Gasteiger charge is 2.22. The van der Waals surface area contributed by atoms with Crippen LogP contribution in [0.1, 0.15) is 40.0 Å². The number of amides is 1. The minimum atomic E-state index is 0.313. The zero-order valence-corrected chi connectivity index (χ0v) is 11.1. The van der Waals surface area contributed by atoms with Gasteiger partial charge in [0.2, 0.25) is 5.91 Å². The molecule has 1 heterocycles. The highest BCUT2D eigenvalue weighted by atomic mass is 16.2. The van der Waals surface area contributed by atoms with Crippen molar-refractivity contribution >= 4 is 5.91 Å². The maximum Gasteiger partial charge on any atom is 0.222 e. The monoisotopic (exact) mass is 226 g/mol. The van der Waals surface area contributed by atoms with Crippen LogP contribution >= 0.6 is 0 Å². The lowest BCUT2D eigenvalue weighted by Crippen LogP contribution is -2.40. The van der Waals surface area contributed by atoms with Gasteiger partial charge in [-0.15, -0.1) is 0 Å². The largest absolute Gasteiger partial charge is 0.343 e. The summed E-state index contributed by atoms with van der Waals surface area (Å²) < 4.78 is 0. The first kappa shape index (κ1) is 13.5. The Morgan fingerprint density at radius 2 is 1.88 bits per heavy atom. The summed E-state index contributed by atoms with van der Waals surface area (Å²) in [7, 11) is 1.94. The van der Waals surface area contributed by atoms with E-state index in [1.54, 1.807) is 0 Å². The smallest absolute Gasteiger partial charge is 0.222 e. The molecule has 1 aliphatic rings. The highest BCUT2D eigenvalue weighted by molar-refractivity contribution is 5.76. The highest BCUT2D eigenvalue weighted by Crippen LogP contribution is 2.18. The van der Waals surface area contributed by atoms with E-state index < -0.39 is 0 Å². The molecule has 3 nitrogen and oxygen atoms in total. The van der Waals surface area contributed by atoms with Gasteiger partial charge in [-0.2, -0.15) is 0 Å². The topological polar surface area (TPSA) is 32.3 Å². The first-order valence-electron chi connectivity index (χ1n) is 6.48. The first-order chi connectivity index (χ1) is 7.52. The van der Waals surface area contributed by atoms with Gasteiger partial charge >= 0.3 is 0 Å². The van der Waals surface area contributed by atoms with Gasteiger partial charge in [-0.25, -0.2) is 0 Å². The van der Waals surface area contributed by atoms with Crippen molar-refractivity contribution in [2.45, 2.75) is 46.1 Å². The quantitative estimate of drug-likeness (QED) is 0.794. The fraction of sp³-hybridized carbons (Fsp3) is 0.923. The van der Waals surface area contributed by atoms with E-state index in [1.807, 2.05) is 11.9 Å². The summed E-state index contributed by atoms with van der Waals surface area (Å²) in [4.78, 5) is 14.0. The molecule has 0 aromatic rings. The molecule has 1 amide bonds. The Morgan fingerprint density at radius 3 is 2.38 bits per heavy atom. The van der Waals surface area contributed by atoms with Crippen LogP contribution in [0.25, 0.3) is 0 Å². The molecule has 16 heavy (non-hydrogen) atoms. The van der Waals surface area contributed by atoms with Gasteiger partial charge in [-0.1, -0.05) is 13.8 Å². The SMILES string of the molecule is CC(C)C(C)N(C)C(=O)CC1CCNCC1. The Balaban J connectivity index is 2.38. The molecule has 0 spiro atoms. The van der Waals surface area contributed by atoms with Crippen molar-refractivity contribution in [1.29, 1.82) is 0 Å². The Morgan fingerprint density at radius 1 is 1.31 bits per heavy atom. The molecule has 0 aliphatic carbocycles. The molecular formula is C13H26N2O. The van der Waals surface area contributed by atoms with E-state index in [0.717, 1.165) is 32.4 Å². The summed E-state index contributed by atoms with van der Waals surface area (Å²) >= 11 is 0. The van der Waals surface area contributed by atoms with E-state index >= 15 is 0 Å². The van der Waals surface area contributed by atoms with Gasteiger partial charge in [0, 0.05) is 19.5 Å². The predicted molar refractivity (Wildman–Crippen MR) is 67.3 cm³/mol. The Bertz CT molecular complexity index is 222. The van der Waals surface area contributed by atoms with Crippen molar-refractivity contribution in [2.24, 2.45) is 11.8 Å². The summed E-state index contributed by atoms with van der Waals surface area (Å²) in [5.41, 5.74) is 0. The zero-order valence-electron chi connectivity index (χ0n) is 11.1. The summed E-state index contributed by atoms with van der Waals surface area (Å²) in [5.74, 6) is 1.44. The molecule has 1 rings (SSSR count). The van der Waals surface area contributed by atoms with Gasteiger partial charge in [0.25, 0.3) is 0 Å². The van der Waals surface area contributed by atoms with Gasteiger partial charge in [0.05, 0.1) is 0 Å². The maximum atomic E-state index is 12.1. The standard InChI is InChI=1S/C13H26N2O/c1-10(2)11(3)15(4)13(16)9-12-5-7-14-8-6-12/h10-12,14H,5-9H2,1-4H3. The third kappa shape index (κ3) is 3.78. The van der Waals surface area contributed by atoms with Crippen molar-refractivity contribution in [3.63, 3.8) is 0 Å². The van der Waals surface area contributed by atoms with E-state index in [0.29, 0.717) is 23.8 Å². The Kier molecular flexibility index (Phi) is 5.26. The van der Waals surface area contributed by atoms with Crippen LogP contribution in [0, 0.1) is 11.8 Å². The van der Waals surface area contributed by atoms with Crippen molar-refractivity contribution in [2.75, 3.05) is 20.1 Å². The van der Waals surface area contributed by atoms with Crippen LogP contribution in [0.3, 0.4) is 0 Å². The van der Waals surface area contributed by atoms with Crippen LogP contribution in [0.4, 0.5) is 0 Å². The lowest BCUT2D eigenvalue weighted by molar-refractivity contribution is -0.133. The number of carbonyl (C=O) groups is 1. The van der Waals surface area contributed by atoms with Gasteiger partial charge in [0.15, 0.2) is 0 Å². The molecule has 0 saturated carbocycles. The van der Waals surface area contributed by atoms with E-state index in [2.05, 4.69) is 26.1 Å². The van der Waals surface area contributed by atoms with Crippen molar-refractivity contribution in [1.82, 2.24) is 10.2 Å². The normalized spacial score (nSPS) is 19.8. The number of nitrogens with one attached hydrogen (secondary N) is 1. The number of hydrogen-bond donors (Lipinski definition) is 1. The lowest BCUT2D eigenvalue weighted by Gasteiger charge is -2.30. The van der Waals surface area contributed by atoms with Gasteiger partial charge < -0.3 is 10.2 Å². The van der Waals surface area contributed by atoms with Crippen LogP contribution in [-0.2, 0) is 4.79 Å². The van der Waals surface area contributed by atoms with Crippen LogP contribution in [0.15, 0.2) is 0 Å². The first-order valence-corrected chi connectivity index (χ1v) is 6.48. The van der Waals surface area contributed by atoms with Gasteiger partial charge in [-0.05, 0) is 44.7 Å². The molecule has 1 fully saturated rings. The molecule has 1 atom stereocenters. The summed E-state index contributed by atoms with van der Waals surface area (Å²) in [6.07, 6.45) is 3.03. The van der Waals surface area contributed by atoms with Crippen LogP contribution in [0.5, 0.6) is 0 Å². The minimum Gasteiger partial charge on any atom is -0.343 e. The molecule has 0 aromatic carbocycles. The molecule has 1 saturated heterocycles. The van der Waals surface area contributed by atoms with Crippen molar-refractivity contribution < 1.29 is 4.79 Å². The van der Waals surface area contributed by atoms with E-state index in [4.69, 9.17) is 0 Å². The summed E-state index contributed by atoms with van der Waals surface area (Å²) in [5, 5.41) is 3.33. The van der Waals surface area contributed by atoms with Gasteiger partial charge in [0.1, 0.15) is 0 Å². The molecule has 0 bridgehead atoms. The second kappa shape index (κ2) is 6.24. The van der Waals surface area contributed by atoms with Crippen LogP contribution < -0.4 is 5.32 Å². The third-order valence-electron chi connectivity index (χ3n) is 3.89. The predicted octanol–water partition coefficient (Wildman–Crippen LogP) is 1.88. The second-order valence-corrected chi connectivity index (χ2v) is 5.39. The number of nitrogens with zero attached hydrogens (tertiary/aromatic N) is 1. The molecular weight excluding hydrogens is 200 g/mol. The summed E-state index contributed by atoms with van der Waals surface area (Å²) in [6, 6.07) is 0.342. The van der Waals surface area contributed by atoms with E-state index in [-0.39, 0.29) is 0 Å². The van der Waals surface area contributed by atoms with Crippen LogP contribution in [-0.4, -0.2) is 37.0 Å². The lowest BCUT2D eigenvalue weighted by atomic mass is 9.93. The molecule has 3 heteroatoms. The van der Waals surface area contributed by atoms with Crippen molar-refractivity contribution in [3.05, 3.63) is 0 Å². The number of rotatable bonds is 4. The molecule has 0 aromatic heterocycles. The fourth-order valence-electron chi connectivity index (χ4n) is 2.15. The molecule has 0 radical (unpaired) electrons. The van der Waals surface area contributed by atoms with Crippen LogP contribution in [0.2, 0.25) is 0 Å². The minimum absolute atomic E-state index is 0.313. The molecule has 1 aliphatic heterocycles. The zero-order chi connectivity index (χ0) is 12.1. The fourth-order valence-corrected chi connectivity index (χ4v) is 2.15. The number of hydrogen-bond acceptors (Lipinski definition) is 2. The van der Waals surface area contributed by atoms with E-state index in [1.165, 1.54) is 0 Å². The summed E-state index contributed by atoms with van der Waals surface area (Å²) in [6.45, 7) is 8.60. The third-order valence-corrected chi connectivity index (χ3v) is 3.89. The Hall–Kier alpha value is -0.570. The number of carbonyl (C=O) groups excluding carboxylic acids is 1. The molecule has 94 valence electrons. The second-order valence-electron chi connectivity index (χ2n) is 5.39. The van der Waals surface area contributed by atoms with Gasteiger partial charge in [-0.3, -0.25) is 4.79 Å². The van der Waals surface area contributed by atoms with E-state index in [9.17, 15) is 4.79 Å². The number of piperidine rings is 1. The average molecular weight is 226 g/mol.